The molecule has 0 amide bonds. The molecule has 8 aromatic carbocycles. The van der Waals surface area contributed by atoms with Crippen molar-refractivity contribution in [1.29, 1.82) is 0 Å². The lowest BCUT2D eigenvalue weighted by atomic mass is 9.86. The van der Waals surface area contributed by atoms with E-state index >= 15 is 0 Å². The van der Waals surface area contributed by atoms with Crippen molar-refractivity contribution in [1.82, 2.24) is 19.9 Å². The van der Waals surface area contributed by atoms with Crippen LogP contribution in [0.2, 0.25) is 0 Å². The minimum absolute atomic E-state index is 0.731. The van der Waals surface area contributed by atoms with Crippen LogP contribution in [0.25, 0.3) is 78.0 Å². The quantitative estimate of drug-likeness (QED) is 0.146. The minimum Gasteiger partial charge on any atom is -0.457 e. The third-order valence-electron chi connectivity index (χ3n) is 10.1. The van der Waals surface area contributed by atoms with Gasteiger partial charge in [0.25, 0.3) is 0 Å². The highest BCUT2D eigenvalue weighted by Gasteiger charge is 2.23. The Morgan fingerprint density at radius 3 is 1.34 bits per heavy atom. The number of aromatic nitrogens is 4. The zero-order chi connectivity index (χ0) is 38.7. The smallest absolute Gasteiger partial charge is 0.127 e. The first-order valence-electron chi connectivity index (χ1n) is 19.1. The van der Waals surface area contributed by atoms with E-state index in [4.69, 9.17) is 24.4 Å². The summed E-state index contributed by atoms with van der Waals surface area (Å²) in [4.78, 5) is 20.4. The molecular formula is C52H34N4O2. The molecule has 0 saturated carbocycles. The highest BCUT2D eigenvalue weighted by molar-refractivity contribution is 6.09. The van der Waals surface area contributed by atoms with Gasteiger partial charge < -0.3 is 9.47 Å². The molecule has 58 heavy (non-hydrogen) atoms. The van der Waals surface area contributed by atoms with Crippen LogP contribution >= 0.6 is 0 Å². The number of hydrogen-bond acceptors (Lipinski definition) is 6. The van der Waals surface area contributed by atoms with Crippen molar-refractivity contribution in [3.63, 3.8) is 0 Å². The van der Waals surface area contributed by atoms with Crippen LogP contribution in [0, 0.1) is 0 Å². The monoisotopic (exact) mass is 746 g/mol. The summed E-state index contributed by atoms with van der Waals surface area (Å²) in [5, 5.41) is 0. The van der Waals surface area contributed by atoms with E-state index in [0.717, 1.165) is 101 Å². The molecule has 6 nitrogen and oxygen atoms in total. The maximum Gasteiger partial charge on any atom is 0.127 e. The fourth-order valence-electron chi connectivity index (χ4n) is 7.36. The Kier molecular flexibility index (Phi) is 9.10. The SMILES string of the molecule is c1ccc(Oc2ccc(-c3cc4nc(-c5ccccc5)c(-c5ccccc5)nc4c(-c4ccc(Oc5ccccc5)cc4)c3-c3ccc4nccnc4c3)cc2)cc1. The lowest BCUT2D eigenvalue weighted by Gasteiger charge is -2.21. The number of hydrogen-bond donors (Lipinski definition) is 0. The summed E-state index contributed by atoms with van der Waals surface area (Å²) in [5.41, 5.74) is 12.6. The van der Waals surface area contributed by atoms with E-state index in [1.807, 2.05) is 127 Å². The summed E-state index contributed by atoms with van der Waals surface area (Å²) in [6.07, 6.45) is 3.45. The van der Waals surface area contributed by atoms with Gasteiger partial charge >= 0.3 is 0 Å². The van der Waals surface area contributed by atoms with Crippen LogP contribution in [0.4, 0.5) is 0 Å². The highest BCUT2D eigenvalue weighted by Crippen LogP contribution is 2.46. The van der Waals surface area contributed by atoms with Gasteiger partial charge in [-0.25, -0.2) is 9.97 Å². The molecule has 0 saturated heterocycles. The number of fused-ring (bicyclic) bond motifs is 2. The first-order valence-corrected chi connectivity index (χ1v) is 19.1. The van der Waals surface area contributed by atoms with Gasteiger partial charge in [0.2, 0.25) is 0 Å². The summed E-state index contributed by atoms with van der Waals surface area (Å²) in [5.74, 6) is 3.02. The zero-order valence-electron chi connectivity index (χ0n) is 31.2. The van der Waals surface area contributed by atoms with Crippen molar-refractivity contribution in [3.05, 3.63) is 207 Å². The minimum atomic E-state index is 0.731. The van der Waals surface area contributed by atoms with Crippen molar-refractivity contribution in [2.24, 2.45) is 0 Å². The van der Waals surface area contributed by atoms with Gasteiger partial charge in [0, 0.05) is 29.1 Å². The maximum absolute atomic E-state index is 6.25. The predicted octanol–water partition coefficient (Wildman–Crippen LogP) is 13.5. The average molecular weight is 747 g/mol. The van der Waals surface area contributed by atoms with E-state index in [0.29, 0.717) is 0 Å². The second-order valence-electron chi connectivity index (χ2n) is 13.8. The van der Waals surface area contributed by atoms with Crippen LogP contribution in [-0.4, -0.2) is 19.9 Å². The first kappa shape index (κ1) is 34.5. The summed E-state index contributed by atoms with van der Waals surface area (Å²) < 4.78 is 12.5. The molecule has 0 spiro atoms. The Balaban J connectivity index is 1.26. The molecule has 2 aromatic heterocycles. The van der Waals surface area contributed by atoms with Gasteiger partial charge in [-0.05, 0) is 94.5 Å². The molecule has 0 fully saturated rings. The van der Waals surface area contributed by atoms with Gasteiger partial charge in [0.1, 0.15) is 23.0 Å². The van der Waals surface area contributed by atoms with E-state index < -0.39 is 0 Å². The Morgan fingerprint density at radius 1 is 0.310 bits per heavy atom. The number of ether oxygens (including phenoxy) is 2. The summed E-state index contributed by atoms with van der Waals surface area (Å²) >= 11 is 0. The van der Waals surface area contributed by atoms with Crippen molar-refractivity contribution in [3.8, 4) is 78.9 Å². The normalized spacial score (nSPS) is 11.1. The highest BCUT2D eigenvalue weighted by atomic mass is 16.5. The molecule has 0 aliphatic carbocycles. The molecule has 0 bridgehead atoms. The van der Waals surface area contributed by atoms with Gasteiger partial charge in [0.15, 0.2) is 0 Å². The lowest BCUT2D eigenvalue weighted by Crippen LogP contribution is -2.00. The Morgan fingerprint density at radius 2 is 0.776 bits per heavy atom. The number of benzene rings is 8. The Labute approximate surface area is 335 Å². The molecular weight excluding hydrogens is 713 g/mol. The molecule has 0 aliphatic rings. The van der Waals surface area contributed by atoms with Crippen LogP contribution in [0.5, 0.6) is 23.0 Å². The van der Waals surface area contributed by atoms with Crippen LogP contribution in [0.15, 0.2) is 207 Å². The average Bonchev–Trinajstić information content (AvgIpc) is 3.29. The fourth-order valence-corrected chi connectivity index (χ4v) is 7.36. The molecule has 0 aliphatic heterocycles. The van der Waals surface area contributed by atoms with E-state index in [-0.39, 0.29) is 0 Å². The molecule has 0 atom stereocenters. The van der Waals surface area contributed by atoms with Crippen LogP contribution in [0.3, 0.4) is 0 Å². The summed E-state index contributed by atoms with van der Waals surface area (Å²) in [6.45, 7) is 0. The molecule has 10 aromatic rings. The standard InChI is InChI=1S/C52H34N4O2/c1-5-13-37(14-6-1)50-51(38-15-7-2-8-16-38)56-52-47(55-50)34-44(35-21-26-42(27-22-35)57-40-17-9-3-10-18-40)48(39-25-30-45-46(33-39)54-32-31-53-45)49(52)36-23-28-43(29-24-36)58-41-19-11-4-12-20-41/h1-34H. The molecule has 274 valence electrons. The molecule has 2 heterocycles. The molecule has 10 rings (SSSR count). The molecule has 0 N–H and O–H groups in total. The summed E-state index contributed by atoms with van der Waals surface area (Å²) in [7, 11) is 0. The van der Waals surface area contributed by atoms with Crippen molar-refractivity contribution >= 4 is 22.1 Å². The third-order valence-corrected chi connectivity index (χ3v) is 10.1. The van der Waals surface area contributed by atoms with E-state index in [1.165, 1.54) is 0 Å². The van der Waals surface area contributed by atoms with Crippen molar-refractivity contribution in [2.75, 3.05) is 0 Å². The molecule has 0 unspecified atom stereocenters. The van der Waals surface area contributed by atoms with E-state index in [9.17, 15) is 0 Å². The number of para-hydroxylation sites is 2. The van der Waals surface area contributed by atoms with Gasteiger partial charge in [-0.15, -0.1) is 0 Å². The van der Waals surface area contributed by atoms with Gasteiger partial charge in [-0.2, -0.15) is 0 Å². The van der Waals surface area contributed by atoms with E-state index in [2.05, 4.69) is 71.7 Å². The topological polar surface area (TPSA) is 70.0 Å². The number of nitrogens with zero attached hydrogens (tertiary/aromatic N) is 4. The largest absolute Gasteiger partial charge is 0.457 e. The second-order valence-corrected chi connectivity index (χ2v) is 13.8. The molecule has 0 radical (unpaired) electrons. The fraction of sp³-hybridized carbons (Fsp3) is 0. The van der Waals surface area contributed by atoms with Crippen molar-refractivity contribution < 1.29 is 9.47 Å². The van der Waals surface area contributed by atoms with Crippen LogP contribution in [-0.2, 0) is 0 Å². The number of rotatable bonds is 9. The van der Waals surface area contributed by atoms with Crippen molar-refractivity contribution in [2.45, 2.75) is 0 Å². The van der Waals surface area contributed by atoms with E-state index in [1.54, 1.807) is 12.4 Å². The van der Waals surface area contributed by atoms with Crippen LogP contribution in [0.1, 0.15) is 0 Å². The predicted molar refractivity (Wildman–Crippen MR) is 233 cm³/mol. The first-order chi connectivity index (χ1) is 28.7. The molecule has 6 heteroatoms. The van der Waals surface area contributed by atoms with Gasteiger partial charge in [-0.1, -0.05) is 127 Å². The lowest BCUT2D eigenvalue weighted by molar-refractivity contribution is 0.482. The van der Waals surface area contributed by atoms with Gasteiger partial charge in [-0.3, -0.25) is 9.97 Å². The van der Waals surface area contributed by atoms with Gasteiger partial charge in [0.05, 0.1) is 33.5 Å². The second kappa shape index (κ2) is 15.3. The third kappa shape index (κ3) is 6.91. The Hall–Kier alpha value is -7.96. The van der Waals surface area contributed by atoms with Crippen LogP contribution < -0.4 is 9.47 Å². The zero-order valence-corrected chi connectivity index (χ0v) is 31.2. The summed E-state index contributed by atoms with van der Waals surface area (Å²) in [6, 6.07) is 65.1. The Bertz CT molecular complexity index is 3010. The maximum atomic E-state index is 6.25.